The van der Waals surface area contributed by atoms with E-state index in [1.165, 1.54) is 0 Å². The summed E-state index contributed by atoms with van der Waals surface area (Å²) in [6, 6.07) is 0.537. The summed E-state index contributed by atoms with van der Waals surface area (Å²) in [7, 11) is 0. The minimum atomic E-state index is -0.00532. The number of hydrogen-bond donors (Lipinski definition) is 3. The van der Waals surface area contributed by atoms with Gasteiger partial charge in [-0.15, -0.1) is 0 Å². The van der Waals surface area contributed by atoms with Crippen molar-refractivity contribution in [2.24, 2.45) is 5.84 Å². The van der Waals surface area contributed by atoms with Gasteiger partial charge in [0.2, 0.25) is 11.9 Å². The molecule has 4 N–H and O–H groups in total. The summed E-state index contributed by atoms with van der Waals surface area (Å²) < 4.78 is 5.48. The zero-order valence-corrected chi connectivity index (χ0v) is 13.3. The van der Waals surface area contributed by atoms with Crippen LogP contribution in [0.3, 0.4) is 0 Å². The first-order valence-electron chi connectivity index (χ1n) is 6.78. The highest BCUT2D eigenvalue weighted by molar-refractivity contribution is 7.99. The Bertz CT molecular complexity index is 404. The molecule has 0 aliphatic heterocycles. The van der Waals surface area contributed by atoms with E-state index in [4.69, 9.17) is 10.6 Å². The Morgan fingerprint density at radius 3 is 2.50 bits per heavy atom. The average Bonchev–Trinajstić information content (AvgIpc) is 2.37. The Morgan fingerprint density at radius 1 is 1.20 bits per heavy atom. The van der Waals surface area contributed by atoms with Crippen LogP contribution in [0, 0.1) is 0 Å². The molecule has 1 unspecified atom stereocenters. The molecule has 1 aromatic heterocycles. The molecular formula is C12H24N6OS. The number of ether oxygens (including phenoxy) is 1. The molecule has 0 amide bonds. The number of rotatable bonds is 9. The molecule has 0 saturated heterocycles. The maximum absolute atomic E-state index is 5.48. The predicted octanol–water partition coefficient (Wildman–Crippen LogP) is 1.89. The second-order valence-electron chi connectivity index (χ2n) is 4.61. The Kier molecular flexibility index (Phi) is 7.38. The topological polar surface area (TPSA) is 98.0 Å². The van der Waals surface area contributed by atoms with Gasteiger partial charge in [0.15, 0.2) is 0 Å². The average molecular weight is 300 g/mol. The molecule has 0 bridgehead atoms. The number of hydrazine groups is 1. The van der Waals surface area contributed by atoms with Gasteiger partial charge in [0, 0.05) is 6.04 Å². The van der Waals surface area contributed by atoms with E-state index in [0.717, 1.165) is 17.9 Å². The third-order valence-corrected chi connectivity index (χ3v) is 3.29. The molecule has 0 spiro atoms. The number of nitrogens with zero attached hydrogens (tertiary/aromatic N) is 3. The van der Waals surface area contributed by atoms with Gasteiger partial charge in [-0.05, 0) is 38.7 Å². The smallest absolute Gasteiger partial charge is 0.323 e. The molecule has 1 rings (SSSR count). The number of hydrogen-bond acceptors (Lipinski definition) is 8. The zero-order valence-electron chi connectivity index (χ0n) is 12.5. The van der Waals surface area contributed by atoms with Gasteiger partial charge >= 0.3 is 6.01 Å². The van der Waals surface area contributed by atoms with E-state index in [2.05, 4.69) is 39.5 Å². The van der Waals surface area contributed by atoms with Gasteiger partial charge in [0.25, 0.3) is 0 Å². The molecule has 0 aliphatic rings. The Balaban J connectivity index is 2.67. The first kappa shape index (κ1) is 16.8. The Morgan fingerprint density at radius 2 is 1.90 bits per heavy atom. The largest absolute Gasteiger partial charge is 0.461 e. The SMILES string of the molecule is CCSCCC(C)Nc1nc(NN)nc(OC(C)C)n1. The number of nitrogens with one attached hydrogen (secondary N) is 2. The van der Waals surface area contributed by atoms with Crippen LogP contribution in [-0.2, 0) is 0 Å². The highest BCUT2D eigenvalue weighted by atomic mass is 32.2. The van der Waals surface area contributed by atoms with E-state index in [1.54, 1.807) is 0 Å². The summed E-state index contributed by atoms with van der Waals surface area (Å²) in [6.45, 7) is 8.08. The van der Waals surface area contributed by atoms with E-state index in [9.17, 15) is 0 Å². The summed E-state index contributed by atoms with van der Waals surface area (Å²) in [5.41, 5.74) is 2.42. The third-order valence-electron chi connectivity index (χ3n) is 2.36. The van der Waals surface area contributed by atoms with Crippen LogP contribution in [0.1, 0.15) is 34.1 Å². The monoisotopic (exact) mass is 300 g/mol. The normalized spacial score (nSPS) is 12.3. The standard InChI is InChI=1S/C12H24N6OS/c1-5-20-7-6-9(4)14-10-15-11(18-13)17-12(16-10)19-8(2)3/h8-9H,5-7,13H2,1-4H3,(H2,14,15,16,17,18). The van der Waals surface area contributed by atoms with Crippen molar-refractivity contribution in [3.63, 3.8) is 0 Å². The van der Waals surface area contributed by atoms with Crippen molar-refractivity contribution in [3.05, 3.63) is 0 Å². The summed E-state index contributed by atoms with van der Waals surface area (Å²) in [6.07, 6.45) is 1.03. The van der Waals surface area contributed by atoms with Crippen molar-refractivity contribution in [1.29, 1.82) is 0 Å². The molecule has 0 fully saturated rings. The molecule has 1 atom stereocenters. The van der Waals surface area contributed by atoms with E-state index in [-0.39, 0.29) is 24.1 Å². The highest BCUT2D eigenvalue weighted by Gasteiger charge is 2.10. The van der Waals surface area contributed by atoms with Gasteiger partial charge in [-0.3, -0.25) is 5.43 Å². The molecule has 0 radical (unpaired) electrons. The summed E-state index contributed by atoms with van der Waals surface area (Å²) >= 11 is 1.92. The predicted molar refractivity (Wildman–Crippen MR) is 84.1 cm³/mol. The van der Waals surface area contributed by atoms with Crippen molar-refractivity contribution < 1.29 is 4.74 Å². The Hall–Kier alpha value is -1.28. The van der Waals surface area contributed by atoms with Gasteiger partial charge in [0.05, 0.1) is 6.10 Å². The van der Waals surface area contributed by atoms with Crippen molar-refractivity contribution >= 4 is 23.7 Å². The lowest BCUT2D eigenvalue weighted by Gasteiger charge is -2.15. The quantitative estimate of drug-likeness (QED) is 0.361. The van der Waals surface area contributed by atoms with Crippen LogP contribution >= 0.6 is 11.8 Å². The van der Waals surface area contributed by atoms with E-state index in [1.807, 2.05) is 25.6 Å². The van der Waals surface area contributed by atoms with E-state index < -0.39 is 0 Å². The van der Waals surface area contributed by atoms with Crippen LogP contribution in [0.4, 0.5) is 11.9 Å². The lowest BCUT2D eigenvalue weighted by atomic mass is 10.3. The molecular weight excluding hydrogens is 276 g/mol. The molecule has 0 saturated carbocycles. The van der Waals surface area contributed by atoms with Crippen molar-refractivity contribution in [2.75, 3.05) is 22.2 Å². The number of anilines is 2. The number of thioether (sulfide) groups is 1. The first-order valence-corrected chi connectivity index (χ1v) is 7.94. The van der Waals surface area contributed by atoms with Crippen LogP contribution < -0.4 is 21.3 Å². The minimum absolute atomic E-state index is 0.00532. The van der Waals surface area contributed by atoms with Crippen LogP contribution in [0.25, 0.3) is 0 Å². The first-order chi connectivity index (χ1) is 9.55. The number of nitrogen functional groups attached to an aromatic ring is 1. The molecule has 114 valence electrons. The summed E-state index contributed by atoms with van der Waals surface area (Å²) in [5.74, 6) is 8.35. The minimum Gasteiger partial charge on any atom is -0.461 e. The van der Waals surface area contributed by atoms with Crippen LogP contribution in [0.5, 0.6) is 6.01 Å². The highest BCUT2D eigenvalue weighted by Crippen LogP contribution is 2.14. The van der Waals surface area contributed by atoms with Crippen LogP contribution in [0.2, 0.25) is 0 Å². The van der Waals surface area contributed by atoms with Gasteiger partial charge < -0.3 is 10.1 Å². The third kappa shape index (κ3) is 6.25. The fraction of sp³-hybridized carbons (Fsp3) is 0.750. The van der Waals surface area contributed by atoms with Crippen molar-refractivity contribution in [1.82, 2.24) is 15.0 Å². The molecule has 1 heterocycles. The van der Waals surface area contributed by atoms with Crippen LogP contribution in [-0.4, -0.2) is 38.6 Å². The van der Waals surface area contributed by atoms with Crippen molar-refractivity contribution in [2.45, 2.75) is 46.3 Å². The lowest BCUT2D eigenvalue weighted by Crippen LogP contribution is -2.21. The second kappa shape index (κ2) is 8.80. The molecule has 20 heavy (non-hydrogen) atoms. The molecule has 0 aromatic carbocycles. The maximum atomic E-state index is 5.48. The fourth-order valence-electron chi connectivity index (χ4n) is 1.45. The molecule has 7 nitrogen and oxygen atoms in total. The molecule has 8 heteroatoms. The second-order valence-corrected chi connectivity index (χ2v) is 6.00. The van der Waals surface area contributed by atoms with Crippen LogP contribution in [0.15, 0.2) is 0 Å². The van der Waals surface area contributed by atoms with E-state index in [0.29, 0.717) is 5.95 Å². The molecule has 1 aromatic rings. The summed E-state index contributed by atoms with van der Waals surface area (Å²) in [4.78, 5) is 12.5. The van der Waals surface area contributed by atoms with Gasteiger partial charge in [-0.2, -0.15) is 26.7 Å². The lowest BCUT2D eigenvalue weighted by molar-refractivity contribution is 0.222. The Labute approximate surface area is 124 Å². The van der Waals surface area contributed by atoms with Crippen molar-refractivity contribution in [3.8, 4) is 6.01 Å². The number of aromatic nitrogens is 3. The maximum Gasteiger partial charge on any atom is 0.323 e. The number of nitrogens with two attached hydrogens (primary N) is 1. The van der Waals surface area contributed by atoms with E-state index >= 15 is 0 Å². The van der Waals surface area contributed by atoms with Gasteiger partial charge in [-0.25, -0.2) is 5.84 Å². The molecule has 0 aliphatic carbocycles. The van der Waals surface area contributed by atoms with Gasteiger partial charge in [-0.1, -0.05) is 6.92 Å². The van der Waals surface area contributed by atoms with Gasteiger partial charge in [0.1, 0.15) is 0 Å². The summed E-state index contributed by atoms with van der Waals surface area (Å²) in [5, 5.41) is 3.24. The fourth-order valence-corrected chi connectivity index (χ4v) is 2.26. The zero-order chi connectivity index (χ0) is 15.0.